The smallest absolute Gasteiger partial charge is 0.306 e. The summed E-state index contributed by atoms with van der Waals surface area (Å²) in [6.45, 7) is 6.75. The molecular formula is C80H145N2O7P. The van der Waals surface area contributed by atoms with Gasteiger partial charge >= 0.3 is 5.97 Å². The lowest BCUT2D eigenvalue weighted by Crippen LogP contribution is -2.47. The van der Waals surface area contributed by atoms with Crippen LogP contribution in [0.2, 0.25) is 0 Å². The number of rotatable bonds is 69. The van der Waals surface area contributed by atoms with Crippen LogP contribution >= 0.6 is 7.82 Å². The van der Waals surface area contributed by atoms with Gasteiger partial charge in [0.05, 0.1) is 33.8 Å². The van der Waals surface area contributed by atoms with E-state index in [1.54, 1.807) is 0 Å². The number of nitrogens with one attached hydrogen (secondary N) is 1. The van der Waals surface area contributed by atoms with Crippen molar-refractivity contribution in [1.29, 1.82) is 0 Å². The van der Waals surface area contributed by atoms with Crippen molar-refractivity contribution in [1.82, 2.24) is 5.32 Å². The molecule has 1 amide bonds. The van der Waals surface area contributed by atoms with E-state index < -0.39 is 26.6 Å². The highest BCUT2D eigenvalue weighted by Crippen LogP contribution is 2.38. The molecule has 0 aliphatic heterocycles. The van der Waals surface area contributed by atoms with Crippen LogP contribution in [0.1, 0.15) is 348 Å². The van der Waals surface area contributed by atoms with Crippen LogP contribution in [0.5, 0.6) is 0 Å². The molecule has 0 spiro atoms. The molecule has 3 unspecified atom stereocenters. The number of phosphoric acid groups is 1. The number of unbranched alkanes of at least 4 members (excludes halogenated alkanes) is 39. The summed E-state index contributed by atoms with van der Waals surface area (Å²) in [5.74, 6) is -0.550. The van der Waals surface area contributed by atoms with Crippen molar-refractivity contribution in [2.24, 2.45) is 0 Å². The minimum atomic E-state index is -4.71. The van der Waals surface area contributed by atoms with Gasteiger partial charge in [-0.05, 0) is 109 Å². The van der Waals surface area contributed by atoms with Crippen molar-refractivity contribution in [3.05, 3.63) is 97.2 Å². The Labute approximate surface area is 558 Å². The maximum Gasteiger partial charge on any atom is 0.306 e. The highest BCUT2D eigenvalue weighted by molar-refractivity contribution is 7.45. The number of carbonyl (C=O) groups is 2. The van der Waals surface area contributed by atoms with Crippen molar-refractivity contribution in [3.63, 3.8) is 0 Å². The number of amides is 1. The fraction of sp³-hybridized carbons (Fsp3) is 0.775. The molecule has 0 bridgehead atoms. The Morgan fingerprint density at radius 2 is 0.711 bits per heavy atom. The lowest BCUT2D eigenvalue weighted by atomic mass is 10.0. The summed E-state index contributed by atoms with van der Waals surface area (Å²) in [5.41, 5.74) is 0. The number of nitrogens with zero attached hydrogens (tertiary/aromatic N) is 1. The van der Waals surface area contributed by atoms with E-state index in [9.17, 15) is 19.0 Å². The summed E-state index contributed by atoms with van der Waals surface area (Å²) >= 11 is 0. The van der Waals surface area contributed by atoms with Crippen LogP contribution in [0.3, 0.4) is 0 Å². The number of carbonyl (C=O) groups excluding carboxylic acids is 2. The molecule has 0 aliphatic rings. The van der Waals surface area contributed by atoms with Gasteiger partial charge in [0.1, 0.15) is 19.3 Å². The van der Waals surface area contributed by atoms with Crippen molar-refractivity contribution in [2.75, 3.05) is 40.9 Å². The van der Waals surface area contributed by atoms with Crippen molar-refractivity contribution >= 4 is 19.7 Å². The minimum Gasteiger partial charge on any atom is -0.756 e. The maximum atomic E-state index is 13.6. The van der Waals surface area contributed by atoms with Gasteiger partial charge in [0.15, 0.2) is 0 Å². The summed E-state index contributed by atoms with van der Waals surface area (Å²) in [7, 11) is 1.18. The molecule has 0 aromatic heterocycles. The zero-order chi connectivity index (χ0) is 65.6. The van der Waals surface area contributed by atoms with Gasteiger partial charge in [-0.15, -0.1) is 0 Å². The van der Waals surface area contributed by atoms with Crippen LogP contribution in [0.4, 0.5) is 0 Å². The van der Waals surface area contributed by atoms with Crippen LogP contribution in [-0.4, -0.2) is 69.4 Å². The fourth-order valence-corrected chi connectivity index (χ4v) is 11.7. The Bertz CT molecular complexity index is 1860. The number of phosphoric ester groups is 1. The number of hydrogen-bond acceptors (Lipinski definition) is 7. The first-order chi connectivity index (χ1) is 43.9. The summed E-state index contributed by atoms with van der Waals surface area (Å²) in [6.07, 6.45) is 94.0. The zero-order valence-corrected chi connectivity index (χ0v) is 60.7. The quantitative estimate of drug-likeness (QED) is 0.0212. The average Bonchev–Trinajstić information content (AvgIpc) is 3.11. The molecule has 90 heavy (non-hydrogen) atoms. The van der Waals surface area contributed by atoms with Crippen LogP contribution in [-0.2, 0) is 27.9 Å². The summed E-state index contributed by atoms with van der Waals surface area (Å²) < 4.78 is 30.5. The number of hydrogen-bond donors (Lipinski definition) is 1. The second kappa shape index (κ2) is 68.8. The number of ether oxygens (including phenoxy) is 1. The van der Waals surface area contributed by atoms with Crippen LogP contribution in [0.25, 0.3) is 0 Å². The standard InChI is InChI=1S/C80H145N2O7P/c1-7-10-13-16-19-22-25-28-30-32-34-36-38-40-41-43-44-46-48-50-52-54-57-60-63-66-69-72-79(83)81-77(76-88-90(85,86)87-75-74-82(4,5)6)78(71-68-65-62-59-56-27-24-21-18-15-12-9-3)89-80(84)73-70-67-64-61-58-55-53-51-49-47-45-42-39-37-35-33-31-29-26-23-20-17-14-11-8-2/h11,14,20,23,28-31,35,37,42,45,49,51,68,71,77-78H,7-10,12-13,15-19,21-22,24-27,32-34,36,38-41,43-44,46-48,50,52-67,69-70,72-76H2,1-6H3,(H-,81,83,85,86)/b14-11-,23-20-,30-28+,31-29-,37-35-,45-42-,51-49-,71-68+. The SMILES string of the molecule is CC/C=C\C/C=C\C/C=C\C/C=C\C/C=C\C/C=C\CCCCCCCCC(=O)OC(/C=C/CCCCCCCCCCCC)C(COP(=O)([O-])OCC[N+](C)(C)C)NC(=O)CCCCCCCCCCCCCCCCCCC/C=C/CCCCCCCC. The Kier molecular flexibility index (Phi) is 66.4. The van der Waals surface area contributed by atoms with E-state index in [1.165, 1.54) is 193 Å². The number of likely N-dealkylation sites (N-methyl/N-ethyl adjacent to an activating group) is 1. The van der Waals surface area contributed by atoms with Gasteiger partial charge in [-0.3, -0.25) is 14.2 Å². The van der Waals surface area contributed by atoms with Crippen molar-refractivity contribution < 1.29 is 37.3 Å². The average molecular weight is 1280 g/mol. The van der Waals surface area contributed by atoms with E-state index in [1.807, 2.05) is 33.3 Å². The summed E-state index contributed by atoms with van der Waals surface area (Å²) in [4.78, 5) is 40.3. The molecule has 0 saturated carbocycles. The van der Waals surface area contributed by atoms with Crippen LogP contribution in [0, 0.1) is 0 Å². The Balaban J connectivity index is 5.01. The minimum absolute atomic E-state index is 0.0274. The molecule has 0 aromatic carbocycles. The Morgan fingerprint density at radius 1 is 0.400 bits per heavy atom. The fourth-order valence-electron chi connectivity index (χ4n) is 10.9. The van der Waals surface area contributed by atoms with Gasteiger partial charge in [0, 0.05) is 12.8 Å². The first-order valence-electron chi connectivity index (χ1n) is 38.0. The van der Waals surface area contributed by atoms with Gasteiger partial charge in [-0.25, -0.2) is 0 Å². The van der Waals surface area contributed by atoms with E-state index in [0.29, 0.717) is 23.9 Å². The summed E-state index contributed by atoms with van der Waals surface area (Å²) in [5, 5.41) is 3.05. The normalized spacial score (nSPS) is 14.0. The Hall–Kier alpha value is -3.07. The highest BCUT2D eigenvalue weighted by atomic mass is 31.2. The predicted molar refractivity (Wildman–Crippen MR) is 390 cm³/mol. The second-order valence-corrected chi connectivity index (χ2v) is 28.2. The molecule has 0 radical (unpaired) electrons. The molecule has 3 atom stereocenters. The monoisotopic (exact) mass is 1280 g/mol. The highest BCUT2D eigenvalue weighted by Gasteiger charge is 2.27. The molecule has 9 nitrogen and oxygen atoms in total. The number of allylic oxidation sites excluding steroid dienone is 15. The van der Waals surface area contributed by atoms with Gasteiger partial charge < -0.3 is 28.5 Å². The molecule has 10 heteroatoms. The van der Waals surface area contributed by atoms with Gasteiger partial charge in [-0.1, -0.05) is 324 Å². The van der Waals surface area contributed by atoms with E-state index in [0.717, 1.165) is 116 Å². The van der Waals surface area contributed by atoms with E-state index >= 15 is 0 Å². The third-order valence-electron chi connectivity index (χ3n) is 16.7. The maximum absolute atomic E-state index is 13.6. The molecule has 0 aliphatic carbocycles. The first kappa shape index (κ1) is 86.9. The summed E-state index contributed by atoms with van der Waals surface area (Å²) in [6, 6.07) is -0.900. The Morgan fingerprint density at radius 3 is 1.08 bits per heavy atom. The largest absolute Gasteiger partial charge is 0.756 e. The molecule has 0 saturated heterocycles. The molecule has 1 N–H and O–H groups in total. The molecular weight excluding hydrogens is 1130 g/mol. The third kappa shape index (κ3) is 69.3. The lowest BCUT2D eigenvalue weighted by Gasteiger charge is -2.30. The van der Waals surface area contributed by atoms with E-state index in [4.69, 9.17) is 13.8 Å². The number of esters is 1. The zero-order valence-electron chi connectivity index (χ0n) is 59.8. The molecule has 0 rings (SSSR count). The number of quaternary nitrogens is 1. The lowest BCUT2D eigenvalue weighted by molar-refractivity contribution is -0.870. The second-order valence-electron chi connectivity index (χ2n) is 26.8. The first-order valence-corrected chi connectivity index (χ1v) is 39.5. The van der Waals surface area contributed by atoms with Crippen LogP contribution < -0.4 is 10.2 Å². The van der Waals surface area contributed by atoms with E-state index in [2.05, 4.69) is 111 Å². The van der Waals surface area contributed by atoms with Crippen molar-refractivity contribution in [2.45, 2.75) is 360 Å². The molecule has 0 heterocycles. The molecule has 0 fully saturated rings. The predicted octanol–water partition coefficient (Wildman–Crippen LogP) is 24.0. The topological polar surface area (TPSA) is 114 Å². The molecule has 0 aromatic rings. The van der Waals surface area contributed by atoms with Gasteiger partial charge in [0.25, 0.3) is 7.82 Å². The van der Waals surface area contributed by atoms with Crippen LogP contribution in [0.15, 0.2) is 97.2 Å². The third-order valence-corrected chi connectivity index (χ3v) is 17.7. The molecule has 522 valence electrons. The van der Waals surface area contributed by atoms with Gasteiger partial charge in [0.2, 0.25) is 5.91 Å². The van der Waals surface area contributed by atoms with Crippen molar-refractivity contribution in [3.8, 4) is 0 Å². The van der Waals surface area contributed by atoms with E-state index in [-0.39, 0.29) is 24.9 Å². The van der Waals surface area contributed by atoms with Gasteiger partial charge in [-0.2, -0.15) is 0 Å².